The van der Waals surface area contributed by atoms with Crippen LogP contribution < -0.4 is 10.1 Å². The fourth-order valence-electron chi connectivity index (χ4n) is 1.72. The predicted octanol–water partition coefficient (Wildman–Crippen LogP) is 3.69. The van der Waals surface area contributed by atoms with Crippen molar-refractivity contribution in [2.45, 2.75) is 13.2 Å². The smallest absolute Gasteiger partial charge is 0.142 e. The summed E-state index contributed by atoms with van der Waals surface area (Å²) in [4.78, 5) is 3.94. The summed E-state index contributed by atoms with van der Waals surface area (Å²) in [5.41, 5.74) is 1.90. The van der Waals surface area contributed by atoms with Gasteiger partial charge in [0.15, 0.2) is 0 Å². The Balaban J connectivity index is 2.17. The third-order valence-electron chi connectivity index (χ3n) is 2.64. The van der Waals surface area contributed by atoms with Crippen LogP contribution in [-0.2, 0) is 13.2 Å². The maximum Gasteiger partial charge on any atom is 0.142 e. The molecule has 0 aliphatic heterocycles. The summed E-state index contributed by atoms with van der Waals surface area (Å²) in [7, 11) is 1.88. The van der Waals surface area contributed by atoms with E-state index in [4.69, 9.17) is 27.9 Å². The normalized spacial score (nSPS) is 10.5. The number of rotatable bonds is 5. The Kier molecular flexibility index (Phi) is 5.02. The zero-order valence-corrected chi connectivity index (χ0v) is 12.0. The monoisotopic (exact) mass is 296 g/mol. The van der Waals surface area contributed by atoms with E-state index in [2.05, 4.69) is 10.3 Å². The third kappa shape index (κ3) is 3.60. The summed E-state index contributed by atoms with van der Waals surface area (Å²) in [5.74, 6) is 0.686. The van der Waals surface area contributed by atoms with Gasteiger partial charge in [-0.15, -0.1) is 0 Å². The highest BCUT2D eigenvalue weighted by Crippen LogP contribution is 2.30. The first kappa shape index (κ1) is 14.1. The zero-order chi connectivity index (χ0) is 13.7. The molecule has 1 aromatic heterocycles. The molecule has 1 aromatic carbocycles. The molecule has 1 N–H and O–H groups in total. The number of nitrogens with one attached hydrogen (secondary N) is 1. The fourth-order valence-corrected chi connectivity index (χ4v) is 2.14. The molecule has 0 radical (unpaired) electrons. The highest BCUT2D eigenvalue weighted by Gasteiger charge is 2.09. The number of hydrogen-bond acceptors (Lipinski definition) is 3. The SMILES string of the molecule is CNCc1cccc(Cl)c1OCc1ccncc1Cl. The van der Waals surface area contributed by atoms with Gasteiger partial charge in [0.05, 0.1) is 10.0 Å². The Hall–Kier alpha value is -1.29. The standard InChI is InChI=1S/C14H14Cl2N2O/c1-17-7-10-3-2-4-12(15)14(10)19-9-11-5-6-18-8-13(11)16/h2-6,8,17H,7,9H2,1H3. The number of para-hydroxylation sites is 1. The van der Waals surface area contributed by atoms with Crippen molar-refractivity contribution in [2.24, 2.45) is 0 Å². The molecule has 0 saturated carbocycles. The zero-order valence-electron chi connectivity index (χ0n) is 10.5. The Morgan fingerprint density at radius 2 is 2.00 bits per heavy atom. The molecule has 5 heteroatoms. The molecule has 0 aliphatic rings. The minimum atomic E-state index is 0.363. The number of ether oxygens (including phenoxy) is 1. The van der Waals surface area contributed by atoms with Gasteiger partial charge in [0, 0.05) is 30.1 Å². The van der Waals surface area contributed by atoms with Gasteiger partial charge in [0.2, 0.25) is 0 Å². The molecule has 3 nitrogen and oxygen atoms in total. The molecule has 2 aromatic rings. The van der Waals surface area contributed by atoms with Gasteiger partial charge in [-0.2, -0.15) is 0 Å². The van der Waals surface area contributed by atoms with E-state index < -0.39 is 0 Å². The van der Waals surface area contributed by atoms with Crippen molar-refractivity contribution in [3.63, 3.8) is 0 Å². The van der Waals surface area contributed by atoms with Crippen LogP contribution in [0.25, 0.3) is 0 Å². The number of halogens is 2. The minimum Gasteiger partial charge on any atom is -0.487 e. The van der Waals surface area contributed by atoms with Crippen molar-refractivity contribution in [2.75, 3.05) is 7.05 Å². The first-order valence-corrected chi connectivity index (χ1v) is 6.61. The molecule has 0 aliphatic carbocycles. The van der Waals surface area contributed by atoms with Gasteiger partial charge in [-0.25, -0.2) is 0 Å². The highest BCUT2D eigenvalue weighted by molar-refractivity contribution is 6.32. The van der Waals surface area contributed by atoms with Crippen LogP contribution in [0.3, 0.4) is 0 Å². The van der Waals surface area contributed by atoms with E-state index in [1.54, 1.807) is 12.4 Å². The quantitative estimate of drug-likeness (QED) is 0.914. The molecule has 0 unspecified atom stereocenters. The first-order valence-electron chi connectivity index (χ1n) is 5.85. The number of pyridine rings is 1. The largest absolute Gasteiger partial charge is 0.487 e. The lowest BCUT2D eigenvalue weighted by Gasteiger charge is -2.13. The van der Waals surface area contributed by atoms with Gasteiger partial charge in [-0.3, -0.25) is 4.98 Å². The first-order chi connectivity index (χ1) is 9.22. The maximum atomic E-state index is 6.17. The van der Waals surface area contributed by atoms with E-state index in [0.717, 1.165) is 11.1 Å². The molecule has 19 heavy (non-hydrogen) atoms. The van der Waals surface area contributed by atoms with E-state index in [1.165, 1.54) is 0 Å². The molecule has 0 amide bonds. The van der Waals surface area contributed by atoms with Gasteiger partial charge in [-0.1, -0.05) is 35.3 Å². The Morgan fingerprint density at radius 1 is 1.16 bits per heavy atom. The molecule has 0 fully saturated rings. The second-order valence-electron chi connectivity index (χ2n) is 4.01. The summed E-state index contributed by atoms with van der Waals surface area (Å²) < 4.78 is 5.80. The molecule has 1 heterocycles. The van der Waals surface area contributed by atoms with Crippen LogP contribution in [0.2, 0.25) is 10.0 Å². The summed E-state index contributed by atoms with van der Waals surface area (Å²) in [5, 5.41) is 4.27. The lowest BCUT2D eigenvalue weighted by molar-refractivity contribution is 0.302. The molecular weight excluding hydrogens is 283 g/mol. The van der Waals surface area contributed by atoms with Crippen molar-refractivity contribution in [3.8, 4) is 5.75 Å². The summed E-state index contributed by atoms with van der Waals surface area (Å²) >= 11 is 12.2. The summed E-state index contributed by atoms with van der Waals surface area (Å²) in [6.45, 7) is 1.06. The molecule has 0 saturated heterocycles. The van der Waals surface area contributed by atoms with E-state index in [-0.39, 0.29) is 0 Å². The van der Waals surface area contributed by atoms with E-state index >= 15 is 0 Å². The van der Waals surface area contributed by atoms with Crippen LogP contribution in [0, 0.1) is 0 Å². The van der Waals surface area contributed by atoms with Gasteiger partial charge >= 0.3 is 0 Å². The van der Waals surface area contributed by atoms with Crippen LogP contribution in [0.1, 0.15) is 11.1 Å². The summed E-state index contributed by atoms with van der Waals surface area (Å²) in [6, 6.07) is 7.52. The maximum absolute atomic E-state index is 6.17. The number of hydrogen-bond donors (Lipinski definition) is 1. The van der Waals surface area contributed by atoms with Gasteiger partial charge in [-0.05, 0) is 19.2 Å². The second-order valence-corrected chi connectivity index (χ2v) is 4.83. The minimum absolute atomic E-state index is 0.363. The van der Waals surface area contributed by atoms with Crippen LogP contribution in [0.15, 0.2) is 36.7 Å². The molecule has 2 rings (SSSR count). The van der Waals surface area contributed by atoms with Crippen LogP contribution in [0.5, 0.6) is 5.75 Å². The number of aromatic nitrogens is 1. The van der Waals surface area contributed by atoms with E-state index in [1.807, 2.05) is 31.3 Å². The number of benzene rings is 1. The average molecular weight is 297 g/mol. The predicted molar refractivity (Wildman–Crippen MR) is 77.8 cm³/mol. The van der Waals surface area contributed by atoms with Crippen LogP contribution >= 0.6 is 23.2 Å². The third-order valence-corrected chi connectivity index (χ3v) is 3.28. The van der Waals surface area contributed by atoms with Crippen LogP contribution in [0.4, 0.5) is 0 Å². The van der Waals surface area contributed by atoms with Gasteiger partial charge in [0.1, 0.15) is 12.4 Å². The molecule has 0 spiro atoms. The average Bonchev–Trinajstić information content (AvgIpc) is 2.40. The topological polar surface area (TPSA) is 34.1 Å². The number of nitrogens with zero attached hydrogens (tertiary/aromatic N) is 1. The Bertz CT molecular complexity index is 561. The molecule has 100 valence electrons. The van der Waals surface area contributed by atoms with Crippen molar-refractivity contribution < 1.29 is 4.74 Å². The van der Waals surface area contributed by atoms with Crippen molar-refractivity contribution >= 4 is 23.2 Å². The molecule has 0 bridgehead atoms. The van der Waals surface area contributed by atoms with E-state index in [0.29, 0.717) is 28.9 Å². The van der Waals surface area contributed by atoms with Crippen molar-refractivity contribution in [1.29, 1.82) is 0 Å². The lowest BCUT2D eigenvalue weighted by Crippen LogP contribution is -2.08. The molecular formula is C14H14Cl2N2O. The van der Waals surface area contributed by atoms with E-state index in [9.17, 15) is 0 Å². The highest BCUT2D eigenvalue weighted by atomic mass is 35.5. The molecule has 0 atom stereocenters. The van der Waals surface area contributed by atoms with Gasteiger partial charge in [0.25, 0.3) is 0 Å². The van der Waals surface area contributed by atoms with Gasteiger partial charge < -0.3 is 10.1 Å². The van der Waals surface area contributed by atoms with Crippen LogP contribution in [-0.4, -0.2) is 12.0 Å². The second kappa shape index (κ2) is 6.75. The fraction of sp³-hybridized carbons (Fsp3) is 0.214. The van der Waals surface area contributed by atoms with Crippen molar-refractivity contribution in [3.05, 3.63) is 57.8 Å². The van der Waals surface area contributed by atoms with Crippen molar-refractivity contribution in [1.82, 2.24) is 10.3 Å². The Labute approximate surface area is 122 Å². The Morgan fingerprint density at radius 3 is 2.74 bits per heavy atom. The lowest BCUT2D eigenvalue weighted by atomic mass is 10.2. The summed E-state index contributed by atoms with van der Waals surface area (Å²) in [6.07, 6.45) is 3.28.